The number of aryl methyl sites for hydroxylation is 1. The van der Waals surface area contributed by atoms with Gasteiger partial charge < -0.3 is 15.7 Å². The number of aliphatic carboxylic acids is 1. The first-order valence-electron chi connectivity index (χ1n) is 8.83. The first kappa shape index (κ1) is 20.2. The Morgan fingerprint density at radius 2 is 1.63 bits per heavy atom. The van der Waals surface area contributed by atoms with Gasteiger partial charge in [-0.25, -0.2) is 4.79 Å². The molecule has 0 radical (unpaired) electrons. The molecule has 1 atom stereocenters. The molecule has 142 valence electrons. The van der Waals surface area contributed by atoms with E-state index in [1.807, 2.05) is 26.8 Å². The number of carboxylic acid groups (broad SMARTS) is 1. The SMILES string of the molecule is CCCNC(=O)c1cccc(C(=O)NC(C(=O)O)c2cccc(C)c2C)c1. The lowest BCUT2D eigenvalue weighted by Gasteiger charge is -2.18. The third-order valence-electron chi connectivity index (χ3n) is 4.40. The molecule has 1 unspecified atom stereocenters. The summed E-state index contributed by atoms with van der Waals surface area (Å²) in [5, 5.41) is 14.9. The molecule has 0 aromatic heterocycles. The zero-order valence-electron chi connectivity index (χ0n) is 15.7. The molecule has 0 saturated heterocycles. The molecule has 0 heterocycles. The minimum absolute atomic E-state index is 0.232. The van der Waals surface area contributed by atoms with Crippen LogP contribution in [0.3, 0.4) is 0 Å². The number of nitrogens with one attached hydrogen (secondary N) is 2. The van der Waals surface area contributed by atoms with E-state index in [9.17, 15) is 19.5 Å². The van der Waals surface area contributed by atoms with Crippen molar-refractivity contribution in [1.82, 2.24) is 10.6 Å². The lowest BCUT2D eigenvalue weighted by atomic mass is 9.97. The maximum Gasteiger partial charge on any atom is 0.330 e. The summed E-state index contributed by atoms with van der Waals surface area (Å²) in [4.78, 5) is 36.4. The van der Waals surface area contributed by atoms with Gasteiger partial charge in [0.15, 0.2) is 6.04 Å². The molecule has 2 aromatic rings. The Morgan fingerprint density at radius 1 is 1.00 bits per heavy atom. The van der Waals surface area contributed by atoms with Crippen molar-refractivity contribution < 1.29 is 19.5 Å². The highest BCUT2D eigenvalue weighted by atomic mass is 16.4. The van der Waals surface area contributed by atoms with Crippen LogP contribution in [0.2, 0.25) is 0 Å². The van der Waals surface area contributed by atoms with Crippen LogP contribution in [-0.4, -0.2) is 29.4 Å². The number of carbonyl (C=O) groups excluding carboxylic acids is 2. The van der Waals surface area contributed by atoms with Crippen molar-refractivity contribution in [3.63, 3.8) is 0 Å². The molecule has 0 aliphatic heterocycles. The molecule has 2 amide bonds. The second-order valence-corrected chi connectivity index (χ2v) is 6.37. The molecule has 6 nitrogen and oxygen atoms in total. The van der Waals surface area contributed by atoms with E-state index in [0.717, 1.165) is 17.5 Å². The summed E-state index contributed by atoms with van der Waals surface area (Å²) >= 11 is 0. The zero-order valence-corrected chi connectivity index (χ0v) is 15.7. The minimum atomic E-state index is -1.17. The highest BCUT2D eigenvalue weighted by Crippen LogP contribution is 2.21. The third kappa shape index (κ3) is 4.94. The highest BCUT2D eigenvalue weighted by molar-refractivity contribution is 6.00. The quantitative estimate of drug-likeness (QED) is 0.700. The van der Waals surface area contributed by atoms with Gasteiger partial charge in [0.25, 0.3) is 11.8 Å². The van der Waals surface area contributed by atoms with Gasteiger partial charge in [0.2, 0.25) is 0 Å². The van der Waals surface area contributed by atoms with E-state index in [0.29, 0.717) is 17.7 Å². The van der Waals surface area contributed by atoms with E-state index in [4.69, 9.17) is 0 Å². The molecule has 2 rings (SSSR count). The number of hydrogen-bond acceptors (Lipinski definition) is 3. The van der Waals surface area contributed by atoms with Crippen LogP contribution in [0, 0.1) is 13.8 Å². The fourth-order valence-corrected chi connectivity index (χ4v) is 2.72. The van der Waals surface area contributed by atoms with Crippen LogP contribution in [0.4, 0.5) is 0 Å². The Labute approximate surface area is 158 Å². The fourth-order valence-electron chi connectivity index (χ4n) is 2.72. The van der Waals surface area contributed by atoms with Crippen LogP contribution in [0.15, 0.2) is 42.5 Å². The molecule has 27 heavy (non-hydrogen) atoms. The summed E-state index contributed by atoms with van der Waals surface area (Å²) in [6.45, 7) is 6.20. The molecule has 0 saturated carbocycles. The molecular weight excluding hydrogens is 344 g/mol. The van der Waals surface area contributed by atoms with Gasteiger partial charge in [-0.05, 0) is 55.2 Å². The minimum Gasteiger partial charge on any atom is -0.479 e. The van der Waals surface area contributed by atoms with Crippen molar-refractivity contribution in [3.05, 3.63) is 70.3 Å². The van der Waals surface area contributed by atoms with Crippen LogP contribution >= 0.6 is 0 Å². The van der Waals surface area contributed by atoms with Gasteiger partial charge in [0.1, 0.15) is 0 Å². The van der Waals surface area contributed by atoms with Crippen molar-refractivity contribution in [2.45, 2.75) is 33.2 Å². The lowest BCUT2D eigenvalue weighted by molar-refractivity contribution is -0.139. The standard InChI is InChI=1S/C21H24N2O4/c1-4-11-22-19(24)15-8-6-9-16(12-15)20(25)23-18(21(26)27)17-10-5-7-13(2)14(17)3/h5-10,12,18H,4,11H2,1-3H3,(H,22,24)(H,23,25)(H,26,27). The monoisotopic (exact) mass is 368 g/mol. The number of hydrogen-bond donors (Lipinski definition) is 3. The predicted octanol–water partition coefficient (Wildman–Crippen LogP) is 3.00. The molecule has 0 spiro atoms. The molecule has 3 N–H and O–H groups in total. The number of carboxylic acids is 1. The normalized spacial score (nSPS) is 11.5. The summed E-state index contributed by atoms with van der Waals surface area (Å²) in [6, 6.07) is 10.4. The van der Waals surface area contributed by atoms with Gasteiger partial charge in [-0.15, -0.1) is 0 Å². The number of amides is 2. The number of carbonyl (C=O) groups is 3. The smallest absolute Gasteiger partial charge is 0.330 e. The van der Waals surface area contributed by atoms with Crippen molar-refractivity contribution >= 4 is 17.8 Å². The zero-order chi connectivity index (χ0) is 20.0. The van der Waals surface area contributed by atoms with Gasteiger partial charge in [0, 0.05) is 17.7 Å². The Bertz CT molecular complexity index is 861. The van der Waals surface area contributed by atoms with Gasteiger partial charge >= 0.3 is 5.97 Å². The molecular formula is C21H24N2O4. The van der Waals surface area contributed by atoms with Crippen LogP contribution in [-0.2, 0) is 4.79 Å². The van der Waals surface area contributed by atoms with Gasteiger partial charge in [-0.2, -0.15) is 0 Å². The molecule has 6 heteroatoms. The molecule has 0 aliphatic rings. The second kappa shape index (κ2) is 8.98. The first-order valence-corrected chi connectivity index (χ1v) is 8.83. The summed E-state index contributed by atoms with van der Waals surface area (Å²) < 4.78 is 0. The first-order chi connectivity index (χ1) is 12.8. The maximum atomic E-state index is 12.6. The second-order valence-electron chi connectivity index (χ2n) is 6.37. The van der Waals surface area contributed by atoms with Crippen molar-refractivity contribution in [2.75, 3.05) is 6.54 Å². The maximum absolute atomic E-state index is 12.6. The number of benzene rings is 2. The average molecular weight is 368 g/mol. The van der Waals surface area contributed by atoms with Gasteiger partial charge in [0.05, 0.1) is 0 Å². The lowest BCUT2D eigenvalue weighted by Crippen LogP contribution is -2.34. The van der Waals surface area contributed by atoms with Gasteiger partial charge in [-0.3, -0.25) is 9.59 Å². The Kier molecular flexibility index (Phi) is 6.71. The Balaban J connectivity index is 2.25. The third-order valence-corrected chi connectivity index (χ3v) is 4.40. The van der Waals surface area contributed by atoms with E-state index in [-0.39, 0.29) is 11.5 Å². The van der Waals surface area contributed by atoms with E-state index >= 15 is 0 Å². The van der Waals surface area contributed by atoms with Crippen LogP contribution < -0.4 is 10.6 Å². The molecule has 0 fully saturated rings. The van der Waals surface area contributed by atoms with E-state index in [1.165, 1.54) is 6.07 Å². The van der Waals surface area contributed by atoms with Gasteiger partial charge in [-0.1, -0.05) is 31.2 Å². The fraction of sp³-hybridized carbons (Fsp3) is 0.286. The van der Waals surface area contributed by atoms with E-state index < -0.39 is 17.9 Å². The highest BCUT2D eigenvalue weighted by Gasteiger charge is 2.25. The van der Waals surface area contributed by atoms with Crippen LogP contribution in [0.5, 0.6) is 0 Å². The number of rotatable bonds is 7. The van der Waals surface area contributed by atoms with E-state index in [2.05, 4.69) is 10.6 Å². The predicted molar refractivity (Wildman–Crippen MR) is 103 cm³/mol. The Morgan fingerprint density at radius 3 is 2.26 bits per heavy atom. The molecule has 0 aliphatic carbocycles. The average Bonchev–Trinajstić information content (AvgIpc) is 2.66. The molecule has 2 aromatic carbocycles. The largest absolute Gasteiger partial charge is 0.479 e. The van der Waals surface area contributed by atoms with Crippen molar-refractivity contribution in [3.8, 4) is 0 Å². The Hall–Kier alpha value is -3.15. The summed E-state index contributed by atoms with van der Waals surface area (Å²) in [6.07, 6.45) is 0.808. The van der Waals surface area contributed by atoms with Crippen molar-refractivity contribution in [1.29, 1.82) is 0 Å². The summed E-state index contributed by atoms with van der Waals surface area (Å²) in [5.41, 5.74) is 2.89. The topological polar surface area (TPSA) is 95.5 Å². The summed E-state index contributed by atoms with van der Waals surface area (Å²) in [7, 11) is 0. The summed E-state index contributed by atoms with van der Waals surface area (Å²) in [5.74, 6) is -1.96. The van der Waals surface area contributed by atoms with Crippen molar-refractivity contribution in [2.24, 2.45) is 0 Å². The van der Waals surface area contributed by atoms with Crippen LogP contribution in [0.25, 0.3) is 0 Å². The van der Waals surface area contributed by atoms with Crippen LogP contribution in [0.1, 0.15) is 56.8 Å². The molecule has 0 bridgehead atoms. The van der Waals surface area contributed by atoms with E-state index in [1.54, 1.807) is 30.3 Å².